The third-order valence-corrected chi connectivity index (χ3v) is 3.68. The van der Waals surface area contributed by atoms with E-state index in [-0.39, 0.29) is 11.8 Å². The lowest BCUT2D eigenvalue weighted by Gasteiger charge is -2.35. The van der Waals surface area contributed by atoms with Gasteiger partial charge in [-0.15, -0.1) is 0 Å². The average Bonchev–Trinajstić information content (AvgIpc) is 2.35. The molecule has 2 nitrogen and oxygen atoms in total. The van der Waals surface area contributed by atoms with Gasteiger partial charge in [-0.05, 0) is 23.8 Å². The smallest absolute Gasteiger partial charge is 0.134 e. The Morgan fingerprint density at radius 1 is 1.29 bits per heavy atom. The van der Waals surface area contributed by atoms with Crippen molar-refractivity contribution in [1.29, 1.82) is 0 Å². The Kier molecular flexibility index (Phi) is 2.26. The third kappa shape index (κ3) is 1.48. The first-order valence-corrected chi connectivity index (χ1v) is 5.87. The van der Waals surface area contributed by atoms with Gasteiger partial charge >= 0.3 is 0 Å². The van der Waals surface area contributed by atoms with Crippen LogP contribution in [0.4, 0.5) is 5.69 Å². The molecule has 0 radical (unpaired) electrons. The lowest BCUT2D eigenvalue weighted by Crippen LogP contribution is -2.34. The molecular formula is C14H12ClNO. The number of aromatic hydroxyl groups is 1. The summed E-state index contributed by atoms with van der Waals surface area (Å²) >= 11 is 6.14. The maximum atomic E-state index is 9.65. The first-order chi connectivity index (χ1) is 8.18. The number of anilines is 1. The highest BCUT2D eigenvalue weighted by molar-refractivity contribution is 6.34. The highest BCUT2D eigenvalue weighted by atomic mass is 35.5. The van der Waals surface area contributed by atoms with Gasteiger partial charge in [-0.2, -0.15) is 0 Å². The Morgan fingerprint density at radius 3 is 2.94 bits per heavy atom. The van der Waals surface area contributed by atoms with Crippen LogP contribution in [0.2, 0.25) is 5.02 Å². The molecule has 1 heterocycles. The summed E-state index contributed by atoms with van der Waals surface area (Å²) in [5.41, 5.74) is 3.12. The van der Waals surface area contributed by atoms with E-state index in [4.69, 9.17) is 11.6 Å². The minimum atomic E-state index is 0.129. The average molecular weight is 246 g/mol. The zero-order valence-corrected chi connectivity index (χ0v) is 10.1. The summed E-state index contributed by atoms with van der Waals surface area (Å²) in [5, 5.41) is 10.1. The van der Waals surface area contributed by atoms with Crippen LogP contribution in [0.25, 0.3) is 6.08 Å². The predicted molar refractivity (Wildman–Crippen MR) is 71.6 cm³/mol. The van der Waals surface area contributed by atoms with Crippen LogP contribution < -0.4 is 4.90 Å². The standard InChI is InChI=1S/C14H12ClNO/c1-16-11-5-3-2-4-9(11)8-10-12(16)6-7-13(17)14(10)15/h2-8,11,17H,1H3. The van der Waals surface area contributed by atoms with Gasteiger partial charge in [0.25, 0.3) is 0 Å². The van der Waals surface area contributed by atoms with E-state index < -0.39 is 0 Å². The molecule has 2 aliphatic rings. The van der Waals surface area contributed by atoms with Gasteiger partial charge in [-0.1, -0.05) is 35.9 Å². The van der Waals surface area contributed by atoms with Crippen molar-refractivity contribution in [3.63, 3.8) is 0 Å². The molecule has 0 saturated carbocycles. The molecule has 0 bridgehead atoms. The Balaban J connectivity index is 2.24. The number of benzene rings is 1. The largest absolute Gasteiger partial charge is 0.506 e. The summed E-state index contributed by atoms with van der Waals surface area (Å²) in [6.07, 6.45) is 10.3. The van der Waals surface area contributed by atoms with E-state index in [9.17, 15) is 5.11 Å². The molecular weight excluding hydrogens is 234 g/mol. The molecule has 1 atom stereocenters. The fourth-order valence-electron chi connectivity index (χ4n) is 2.36. The number of hydrogen-bond donors (Lipinski definition) is 1. The van der Waals surface area contributed by atoms with Gasteiger partial charge < -0.3 is 10.0 Å². The van der Waals surface area contributed by atoms with Crippen molar-refractivity contribution in [2.24, 2.45) is 0 Å². The monoisotopic (exact) mass is 245 g/mol. The van der Waals surface area contributed by atoms with E-state index in [0.717, 1.165) is 11.3 Å². The van der Waals surface area contributed by atoms with Crippen molar-refractivity contribution in [2.75, 3.05) is 11.9 Å². The van der Waals surface area contributed by atoms with Gasteiger partial charge in [-0.25, -0.2) is 0 Å². The summed E-state index contributed by atoms with van der Waals surface area (Å²) in [6, 6.07) is 3.79. The number of rotatable bonds is 0. The van der Waals surface area contributed by atoms with Crippen LogP contribution in [0, 0.1) is 0 Å². The van der Waals surface area contributed by atoms with Crippen LogP contribution in [-0.4, -0.2) is 18.2 Å². The number of likely N-dealkylation sites (N-methyl/N-ethyl adjacent to an activating group) is 1. The lowest BCUT2D eigenvalue weighted by atomic mass is 9.92. The third-order valence-electron chi connectivity index (χ3n) is 3.28. The van der Waals surface area contributed by atoms with Crippen LogP contribution in [0.1, 0.15) is 5.56 Å². The van der Waals surface area contributed by atoms with Crippen molar-refractivity contribution < 1.29 is 5.11 Å². The molecule has 0 saturated heterocycles. The maximum Gasteiger partial charge on any atom is 0.134 e. The Hall–Kier alpha value is -1.67. The van der Waals surface area contributed by atoms with E-state index >= 15 is 0 Å². The molecule has 1 unspecified atom stereocenters. The maximum absolute atomic E-state index is 9.65. The van der Waals surface area contributed by atoms with Crippen LogP contribution in [-0.2, 0) is 0 Å². The van der Waals surface area contributed by atoms with Crippen LogP contribution in [0.15, 0.2) is 42.0 Å². The number of nitrogens with zero attached hydrogens (tertiary/aromatic N) is 1. The second kappa shape index (κ2) is 3.67. The zero-order chi connectivity index (χ0) is 12.0. The fraction of sp³-hybridized carbons (Fsp3) is 0.143. The minimum Gasteiger partial charge on any atom is -0.506 e. The number of halogens is 1. The summed E-state index contributed by atoms with van der Waals surface area (Å²) < 4.78 is 0. The molecule has 1 aromatic rings. The van der Waals surface area contributed by atoms with Crippen LogP contribution >= 0.6 is 11.6 Å². The Bertz CT molecular complexity index is 572. The van der Waals surface area contributed by atoms with E-state index in [0.29, 0.717) is 5.02 Å². The molecule has 3 heteroatoms. The SMILES string of the molecule is CN1c2ccc(O)c(Cl)c2C=C2C=CC=CC21. The lowest BCUT2D eigenvalue weighted by molar-refractivity contribution is 0.475. The molecule has 0 fully saturated rings. The second-order valence-corrected chi connectivity index (χ2v) is 4.65. The van der Waals surface area contributed by atoms with E-state index in [1.54, 1.807) is 6.07 Å². The van der Waals surface area contributed by atoms with Gasteiger partial charge in [0.2, 0.25) is 0 Å². The summed E-state index contributed by atoms with van der Waals surface area (Å²) in [4.78, 5) is 2.16. The van der Waals surface area contributed by atoms with Crippen molar-refractivity contribution in [2.45, 2.75) is 6.04 Å². The molecule has 3 rings (SSSR count). The predicted octanol–water partition coefficient (Wildman–Crippen LogP) is 3.37. The molecule has 0 spiro atoms. The molecule has 1 aliphatic heterocycles. The van der Waals surface area contributed by atoms with Crippen molar-refractivity contribution in [3.05, 3.63) is 52.6 Å². The molecule has 0 aromatic heterocycles. The zero-order valence-electron chi connectivity index (χ0n) is 9.39. The summed E-state index contributed by atoms with van der Waals surface area (Å²) in [6.45, 7) is 0. The minimum absolute atomic E-state index is 0.129. The summed E-state index contributed by atoms with van der Waals surface area (Å²) in [7, 11) is 2.04. The topological polar surface area (TPSA) is 23.5 Å². The summed E-state index contributed by atoms with van der Waals surface area (Å²) in [5.74, 6) is 0.129. The van der Waals surface area contributed by atoms with Gasteiger partial charge in [0, 0.05) is 18.3 Å². The number of hydrogen-bond acceptors (Lipinski definition) is 2. The second-order valence-electron chi connectivity index (χ2n) is 4.28. The number of fused-ring (bicyclic) bond motifs is 2. The van der Waals surface area contributed by atoms with Crippen molar-refractivity contribution >= 4 is 23.4 Å². The molecule has 17 heavy (non-hydrogen) atoms. The van der Waals surface area contributed by atoms with Crippen molar-refractivity contribution in [3.8, 4) is 5.75 Å². The highest BCUT2D eigenvalue weighted by Gasteiger charge is 2.25. The first-order valence-electron chi connectivity index (χ1n) is 5.49. The molecule has 1 aliphatic carbocycles. The van der Waals surface area contributed by atoms with E-state index in [1.165, 1.54) is 5.57 Å². The Labute approximate surface area is 105 Å². The molecule has 1 N–H and O–H groups in total. The van der Waals surface area contributed by atoms with Crippen LogP contribution in [0.3, 0.4) is 0 Å². The van der Waals surface area contributed by atoms with Gasteiger partial charge in [0.1, 0.15) is 5.75 Å². The quantitative estimate of drug-likeness (QED) is 0.758. The number of phenols is 1. The molecule has 86 valence electrons. The molecule has 0 amide bonds. The highest BCUT2D eigenvalue weighted by Crippen LogP contribution is 2.41. The number of allylic oxidation sites excluding steroid dienone is 2. The van der Waals surface area contributed by atoms with E-state index in [1.807, 2.05) is 31.3 Å². The fourth-order valence-corrected chi connectivity index (χ4v) is 2.58. The van der Waals surface area contributed by atoms with Gasteiger partial charge in [0.15, 0.2) is 0 Å². The Morgan fingerprint density at radius 2 is 2.12 bits per heavy atom. The van der Waals surface area contributed by atoms with Gasteiger partial charge in [0.05, 0.1) is 11.1 Å². The first kappa shape index (κ1) is 10.5. The normalized spacial score (nSPS) is 20.9. The number of phenolic OH excluding ortho intramolecular Hbond substituents is 1. The van der Waals surface area contributed by atoms with Gasteiger partial charge in [-0.3, -0.25) is 0 Å². The van der Waals surface area contributed by atoms with E-state index in [2.05, 4.69) is 17.1 Å². The van der Waals surface area contributed by atoms with Crippen LogP contribution in [0.5, 0.6) is 5.75 Å². The molecule has 1 aromatic carbocycles. The van der Waals surface area contributed by atoms with Crippen molar-refractivity contribution in [1.82, 2.24) is 0 Å².